The minimum Gasteiger partial charge on any atom is -0.385 e. The molecular weight excluding hydrogens is 412 g/mol. The molecule has 0 saturated carbocycles. The molecule has 0 radical (unpaired) electrons. The molecule has 2 rings (SSSR count). The normalized spacial score (nSPS) is 17.8. The molecule has 1 aromatic heterocycles. The third-order valence-electron chi connectivity index (χ3n) is 3.61. The molecule has 8 heteroatoms. The molecule has 130 valence electrons. The Hall–Kier alpha value is -1.16. The van der Waals surface area contributed by atoms with Crippen molar-refractivity contribution in [1.82, 2.24) is 15.6 Å². The fraction of sp³-hybridized carbons (Fsp3) is 0.600. The van der Waals surface area contributed by atoms with Crippen molar-refractivity contribution in [2.75, 3.05) is 45.3 Å². The van der Waals surface area contributed by atoms with Crippen molar-refractivity contribution < 1.29 is 9.13 Å². The highest BCUT2D eigenvalue weighted by Gasteiger charge is 2.25. The van der Waals surface area contributed by atoms with Crippen LogP contribution in [-0.4, -0.2) is 57.4 Å². The van der Waals surface area contributed by atoms with Gasteiger partial charge in [-0.05, 0) is 25.0 Å². The highest BCUT2D eigenvalue weighted by atomic mass is 127. The van der Waals surface area contributed by atoms with Gasteiger partial charge in [-0.3, -0.25) is 4.99 Å². The molecule has 0 bridgehead atoms. The van der Waals surface area contributed by atoms with Crippen molar-refractivity contribution in [3.05, 3.63) is 24.1 Å². The summed E-state index contributed by atoms with van der Waals surface area (Å²) < 4.78 is 18.8. The Balaban J connectivity index is 0.00000264. The summed E-state index contributed by atoms with van der Waals surface area (Å²) in [6, 6.07) is 3.28. The molecule has 1 fully saturated rings. The minimum absolute atomic E-state index is 0. The summed E-state index contributed by atoms with van der Waals surface area (Å²) in [5.74, 6) is 0.921. The molecule has 0 aromatic carbocycles. The monoisotopic (exact) mass is 437 g/mol. The Morgan fingerprint density at radius 3 is 3.09 bits per heavy atom. The van der Waals surface area contributed by atoms with Crippen LogP contribution in [0.2, 0.25) is 0 Å². The van der Waals surface area contributed by atoms with E-state index in [0.717, 1.165) is 38.5 Å². The third-order valence-corrected chi connectivity index (χ3v) is 3.61. The second kappa shape index (κ2) is 10.6. The van der Waals surface area contributed by atoms with E-state index in [2.05, 4.69) is 20.6 Å². The van der Waals surface area contributed by atoms with E-state index in [-0.39, 0.29) is 35.8 Å². The predicted molar refractivity (Wildman–Crippen MR) is 101 cm³/mol. The van der Waals surface area contributed by atoms with Crippen LogP contribution in [0.5, 0.6) is 0 Å². The number of anilines is 1. The van der Waals surface area contributed by atoms with Crippen LogP contribution < -0.4 is 15.5 Å². The molecule has 1 saturated heterocycles. The Bertz CT molecular complexity index is 503. The zero-order valence-electron chi connectivity index (χ0n) is 13.6. The van der Waals surface area contributed by atoms with Crippen LogP contribution in [0.3, 0.4) is 0 Å². The van der Waals surface area contributed by atoms with Crippen molar-refractivity contribution in [1.29, 1.82) is 0 Å². The van der Waals surface area contributed by atoms with E-state index in [1.165, 1.54) is 6.07 Å². The largest absolute Gasteiger partial charge is 0.385 e. The summed E-state index contributed by atoms with van der Waals surface area (Å²) in [6.07, 6.45) is 3.47. The van der Waals surface area contributed by atoms with E-state index in [4.69, 9.17) is 4.74 Å². The Morgan fingerprint density at radius 1 is 1.57 bits per heavy atom. The summed E-state index contributed by atoms with van der Waals surface area (Å²) in [7, 11) is 3.44. The number of halogens is 2. The van der Waals surface area contributed by atoms with Gasteiger partial charge in [-0.25, -0.2) is 9.37 Å². The minimum atomic E-state index is -0.273. The van der Waals surface area contributed by atoms with Gasteiger partial charge in [0.2, 0.25) is 0 Å². The summed E-state index contributed by atoms with van der Waals surface area (Å²) in [6.45, 7) is 3.03. The van der Waals surface area contributed by atoms with Gasteiger partial charge in [0.15, 0.2) is 17.6 Å². The number of hydrogen-bond acceptors (Lipinski definition) is 4. The van der Waals surface area contributed by atoms with E-state index >= 15 is 0 Å². The first-order valence-electron chi connectivity index (χ1n) is 7.56. The van der Waals surface area contributed by atoms with Crippen molar-refractivity contribution >= 4 is 35.8 Å². The first-order valence-corrected chi connectivity index (χ1v) is 7.56. The zero-order chi connectivity index (χ0) is 15.8. The zero-order valence-corrected chi connectivity index (χ0v) is 15.9. The molecule has 1 aliphatic heterocycles. The molecule has 2 N–H and O–H groups in total. The first kappa shape index (κ1) is 19.9. The number of nitrogens with one attached hydrogen (secondary N) is 2. The quantitative estimate of drug-likeness (QED) is 0.307. The number of nitrogens with zero attached hydrogens (tertiary/aromatic N) is 3. The average Bonchev–Trinajstić information content (AvgIpc) is 2.99. The molecule has 1 aliphatic rings. The van der Waals surface area contributed by atoms with E-state index < -0.39 is 0 Å². The van der Waals surface area contributed by atoms with Crippen molar-refractivity contribution in [2.45, 2.75) is 18.9 Å². The summed E-state index contributed by atoms with van der Waals surface area (Å²) >= 11 is 0. The van der Waals surface area contributed by atoms with Crippen molar-refractivity contribution in [3.63, 3.8) is 0 Å². The van der Waals surface area contributed by atoms with Gasteiger partial charge >= 0.3 is 0 Å². The van der Waals surface area contributed by atoms with Crippen LogP contribution in [0, 0.1) is 5.82 Å². The number of rotatable bonds is 6. The lowest BCUT2D eigenvalue weighted by Crippen LogP contribution is -2.45. The fourth-order valence-corrected chi connectivity index (χ4v) is 2.49. The van der Waals surface area contributed by atoms with Gasteiger partial charge in [0.05, 0.1) is 0 Å². The summed E-state index contributed by atoms with van der Waals surface area (Å²) in [5, 5.41) is 6.62. The number of guanidine groups is 1. The first-order chi connectivity index (χ1) is 10.7. The number of methoxy groups -OCH3 is 1. The lowest BCUT2D eigenvalue weighted by atomic mass is 10.3. The van der Waals surface area contributed by atoms with Crippen molar-refractivity contribution in [3.8, 4) is 0 Å². The van der Waals surface area contributed by atoms with Crippen LogP contribution >= 0.6 is 24.0 Å². The Kier molecular flexibility index (Phi) is 9.15. The van der Waals surface area contributed by atoms with Gasteiger partial charge < -0.3 is 20.3 Å². The number of aliphatic imine (C=N–C) groups is 1. The van der Waals surface area contributed by atoms with Gasteiger partial charge in [-0.1, -0.05) is 0 Å². The number of hydrogen-bond donors (Lipinski definition) is 2. The standard InChI is InChI=1S/C15H24FN5O.HI/c1-17-15(19-8-4-10-22-2)20-12-6-9-21(11-12)14-13(16)5-3-7-18-14;/h3,5,7,12H,4,6,8-11H2,1-2H3,(H2,17,19,20);1H. The van der Waals surface area contributed by atoms with Crippen LogP contribution in [0.1, 0.15) is 12.8 Å². The fourth-order valence-electron chi connectivity index (χ4n) is 2.49. The van der Waals surface area contributed by atoms with Crippen LogP contribution in [-0.2, 0) is 4.74 Å². The number of aromatic nitrogens is 1. The highest BCUT2D eigenvalue weighted by Crippen LogP contribution is 2.20. The lowest BCUT2D eigenvalue weighted by molar-refractivity contribution is 0.195. The molecule has 0 spiro atoms. The van der Waals surface area contributed by atoms with E-state index in [1.807, 2.05) is 4.90 Å². The average molecular weight is 437 g/mol. The molecule has 1 aromatic rings. The molecule has 0 amide bonds. The molecule has 23 heavy (non-hydrogen) atoms. The van der Waals surface area contributed by atoms with E-state index in [0.29, 0.717) is 12.4 Å². The second-order valence-corrected chi connectivity index (χ2v) is 5.23. The predicted octanol–water partition coefficient (Wildman–Crippen LogP) is 1.62. The van der Waals surface area contributed by atoms with Gasteiger partial charge in [-0.2, -0.15) is 0 Å². The topological polar surface area (TPSA) is 61.8 Å². The Labute approximate surface area is 153 Å². The maximum atomic E-state index is 13.8. The number of pyridine rings is 1. The second-order valence-electron chi connectivity index (χ2n) is 5.23. The summed E-state index contributed by atoms with van der Waals surface area (Å²) in [5.41, 5.74) is 0. The number of ether oxygens (including phenoxy) is 1. The molecular formula is C15H25FIN5O. The van der Waals surface area contributed by atoms with Crippen LogP contribution in [0.15, 0.2) is 23.3 Å². The Morgan fingerprint density at radius 2 is 2.39 bits per heavy atom. The smallest absolute Gasteiger partial charge is 0.191 e. The van der Waals surface area contributed by atoms with E-state index in [9.17, 15) is 4.39 Å². The lowest BCUT2D eigenvalue weighted by Gasteiger charge is -2.19. The third kappa shape index (κ3) is 6.09. The maximum absolute atomic E-state index is 13.8. The van der Waals surface area contributed by atoms with Gasteiger partial charge in [0.1, 0.15) is 0 Å². The van der Waals surface area contributed by atoms with E-state index in [1.54, 1.807) is 26.4 Å². The van der Waals surface area contributed by atoms with Gasteiger partial charge in [0.25, 0.3) is 0 Å². The maximum Gasteiger partial charge on any atom is 0.191 e. The molecule has 1 unspecified atom stereocenters. The van der Waals surface area contributed by atoms with Crippen LogP contribution in [0.4, 0.5) is 10.2 Å². The summed E-state index contributed by atoms with van der Waals surface area (Å²) in [4.78, 5) is 10.3. The SMILES string of the molecule is CN=C(NCCCOC)NC1CCN(c2ncccc2F)C1.I. The van der Waals surface area contributed by atoms with Crippen LogP contribution in [0.25, 0.3) is 0 Å². The molecule has 1 atom stereocenters. The molecule has 0 aliphatic carbocycles. The highest BCUT2D eigenvalue weighted by molar-refractivity contribution is 14.0. The van der Waals surface area contributed by atoms with Crippen molar-refractivity contribution in [2.24, 2.45) is 4.99 Å². The molecule has 2 heterocycles. The van der Waals surface area contributed by atoms with Gasteiger partial charge in [-0.15, -0.1) is 24.0 Å². The van der Waals surface area contributed by atoms with Gasteiger partial charge in [0, 0.05) is 52.6 Å². The molecule has 6 nitrogen and oxygen atoms in total.